The van der Waals surface area contributed by atoms with Crippen LogP contribution in [0.1, 0.15) is 64.5 Å². The van der Waals surface area contributed by atoms with E-state index in [4.69, 9.17) is 5.26 Å². The number of nitriles is 1. The van der Waals surface area contributed by atoms with Gasteiger partial charge in [0.05, 0.1) is 17.8 Å². The predicted octanol–water partition coefficient (Wildman–Crippen LogP) is 5.91. The van der Waals surface area contributed by atoms with Gasteiger partial charge in [0.2, 0.25) is 0 Å². The zero-order chi connectivity index (χ0) is 24.6. The average molecular weight is 493 g/mol. The second kappa shape index (κ2) is 9.50. The molecule has 0 aliphatic heterocycles. The normalized spacial score (nSPS) is 24.2. The SMILES string of the molecule is CCC[C@]1(C)CC[C@H](F)[C@H](N(c2cnc(-c3ccc(-c4nc(C#N)cs4)cc3O)nn2)C2CC2)C1. The Labute approximate surface area is 208 Å². The Balaban J connectivity index is 1.39. The molecule has 7 nitrogen and oxygen atoms in total. The number of phenolic OH excluding ortho intramolecular Hbond substituents is 1. The van der Waals surface area contributed by atoms with Crippen molar-refractivity contribution in [2.24, 2.45) is 5.41 Å². The summed E-state index contributed by atoms with van der Waals surface area (Å²) in [6.07, 6.45) is 7.36. The third kappa shape index (κ3) is 4.85. The van der Waals surface area contributed by atoms with Crippen molar-refractivity contribution in [1.29, 1.82) is 5.26 Å². The van der Waals surface area contributed by atoms with Crippen LogP contribution in [-0.2, 0) is 0 Å². The molecule has 0 saturated heterocycles. The van der Waals surface area contributed by atoms with Gasteiger partial charge in [0.25, 0.3) is 0 Å². The van der Waals surface area contributed by atoms with Gasteiger partial charge in [0.1, 0.15) is 23.0 Å². The van der Waals surface area contributed by atoms with E-state index in [1.54, 1.807) is 23.7 Å². The van der Waals surface area contributed by atoms with Gasteiger partial charge in [-0.05, 0) is 56.1 Å². The van der Waals surface area contributed by atoms with Crippen LogP contribution >= 0.6 is 11.3 Å². The van der Waals surface area contributed by atoms with Gasteiger partial charge in [0.15, 0.2) is 17.3 Å². The number of anilines is 1. The highest BCUT2D eigenvalue weighted by atomic mass is 32.1. The molecule has 9 heteroatoms. The van der Waals surface area contributed by atoms with E-state index < -0.39 is 6.17 Å². The van der Waals surface area contributed by atoms with Crippen LogP contribution in [0.5, 0.6) is 5.75 Å². The van der Waals surface area contributed by atoms with E-state index >= 15 is 4.39 Å². The highest BCUT2D eigenvalue weighted by Crippen LogP contribution is 2.46. The molecule has 2 aliphatic rings. The largest absolute Gasteiger partial charge is 0.507 e. The summed E-state index contributed by atoms with van der Waals surface area (Å²) in [6, 6.07) is 7.22. The van der Waals surface area contributed by atoms with Crippen LogP contribution in [0.25, 0.3) is 22.0 Å². The second-order valence-corrected chi connectivity index (χ2v) is 10.9. The molecule has 0 bridgehead atoms. The minimum atomic E-state index is -0.883. The number of aromatic nitrogens is 4. The van der Waals surface area contributed by atoms with Gasteiger partial charge >= 0.3 is 0 Å². The molecule has 2 saturated carbocycles. The Hall–Kier alpha value is -3.12. The smallest absolute Gasteiger partial charge is 0.185 e. The summed E-state index contributed by atoms with van der Waals surface area (Å²) in [7, 11) is 0. The molecule has 2 fully saturated rings. The van der Waals surface area contributed by atoms with Gasteiger partial charge in [0, 0.05) is 17.0 Å². The molecule has 35 heavy (non-hydrogen) atoms. The first-order valence-corrected chi connectivity index (χ1v) is 13.1. The van der Waals surface area contributed by atoms with Gasteiger partial charge in [-0.3, -0.25) is 0 Å². The van der Waals surface area contributed by atoms with Crippen LogP contribution in [0.4, 0.5) is 10.2 Å². The van der Waals surface area contributed by atoms with E-state index in [0.717, 1.165) is 38.5 Å². The highest BCUT2D eigenvalue weighted by Gasteiger charge is 2.45. The summed E-state index contributed by atoms with van der Waals surface area (Å²) in [6.45, 7) is 4.48. The van der Waals surface area contributed by atoms with Crippen molar-refractivity contribution in [3.8, 4) is 33.8 Å². The lowest BCUT2D eigenvalue weighted by Crippen LogP contribution is -2.50. The molecule has 0 spiro atoms. The number of thiazole rings is 1. The predicted molar refractivity (Wildman–Crippen MR) is 134 cm³/mol. The summed E-state index contributed by atoms with van der Waals surface area (Å²) >= 11 is 1.34. The maximum Gasteiger partial charge on any atom is 0.185 e. The zero-order valence-corrected chi connectivity index (χ0v) is 20.8. The van der Waals surface area contributed by atoms with Gasteiger partial charge in [-0.1, -0.05) is 26.3 Å². The molecule has 0 radical (unpaired) electrons. The maximum atomic E-state index is 15.2. The van der Waals surface area contributed by atoms with E-state index in [2.05, 4.69) is 38.9 Å². The number of hydrogen-bond donors (Lipinski definition) is 1. The molecule has 2 aromatic heterocycles. The molecular formula is C26H29FN6OS. The van der Waals surface area contributed by atoms with E-state index in [1.165, 1.54) is 11.3 Å². The van der Waals surface area contributed by atoms with Crippen molar-refractivity contribution in [3.63, 3.8) is 0 Å². The fourth-order valence-corrected chi connectivity index (χ4v) is 6.06. The third-order valence-electron chi connectivity index (χ3n) is 7.21. The van der Waals surface area contributed by atoms with E-state index in [-0.39, 0.29) is 23.2 Å². The number of aromatic hydroxyl groups is 1. The second-order valence-electron chi connectivity index (χ2n) is 10.0. The quantitative estimate of drug-likeness (QED) is 0.438. The molecule has 0 amide bonds. The van der Waals surface area contributed by atoms with Crippen LogP contribution in [-0.4, -0.2) is 43.5 Å². The number of alkyl halides is 1. The van der Waals surface area contributed by atoms with Crippen molar-refractivity contribution in [2.45, 2.75) is 77.0 Å². The van der Waals surface area contributed by atoms with Crippen LogP contribution in [0, 0.1) is 16.7 Å². The summed E-state index contributed by atoms with van der Waals surface area (Å²) in [4.78, 5) is 10.9. The first-order chi connectivity index (χ1) is 16.9. The number of nitrogens with zero attached hydrogens (tertiary/aromatic N) is 6. The molecule has 2 aliphatic carbocycles. The van der Waals surface area contributed by atoms with Crippen LogP contribution < -0.4 is 4.90 Å². The topological polar surface area (TPSA) is 98.8 Å². The first-order valence-electron chi connectivity index (χ1n) is 12.2. The Morgan fingerprint density at radius 3 is 2.74 bits per heavy atom. The average Bonchev–Trinajstić information content (AvgIpc) is 3.57. The fourth-order valence-electron chi connectivity index (χ4n) is 5.32. The lowest BCUT2D eigenvalue weighted by molar-refractivity contribution is 0.0994. The lowest BCUT2D eigenvalue weighted by atomic mass is 9.70. The summed E-state index contributed by atoms with van der Waals surface area (Å²) < 4.78 is 15.2. The Morgan fingerprint density at radius 1 is 1.29 bits per heavy atom. The molecule has 2 heterocycles. The van der Waals surface area contributed by atoms with Crippen molar-refractivity contribution >= 4 is 17.2 Å². The van der Waals surface area contributed by atoms with Gasteiger partial charge in [-0.15, -0.1) is 21.5 Å². The van der Waals surface area contributed by atoms with Gasteiger partial charge < -0.3 is 10.0 Å². The number of benzene rings is 1. The third-order valence-corrected chi connectivity index (χ3v) is 8.10. The molecule has 1 aromatic carbocycles. The Morgan fingerprint density at radius 2 is 2.11 bits per heavy atom. The number of rotatable bonds is 7. The number of halogens is 1. The van der Waals surface area contributed by atoms with Gasteiger partial charge in [-0.25, -0.2) is 14.4 Å². The molecule has 0 unspecified atom stereocenters. The summed E-state index contributed by atoms with van der Waals surface area (Å²) in [5.41, 5.74) is 1.66. The summed E-state index contributed by atoms with van der Waals surface area (Å²) in [5, 5.41) is 30.7. The van der Waals surface area contributed by atoms with E-state index in [0.29, 0.717) is 39.9 Å². The number of hydrogen-bond acceptors (Lipinski definition) is 8. The van der Waals surface area contributed by atoms with Crippen molar-refractivity contribution in [3.05, 3.63) is 35.5 Å². The monoisotopic (exact) mass is 492 g/mol. The summed E-state index contributed by atoms with van der Waals surface area (Å²) in [5.74, 6) is 0.922. The van der Waals surface area contributed by atoms with E-state index in [9.17, 15) is 5.11 Å². The van der Waals surface area contributed by atoms with Crippen molar-refractivity contribution < 1.29 is 9.50 Å². The van der Waals surface area contributed by atoms with Crippen molar-refractivity contribution in [2.75, 3.05) is 4.90 Å². The maximum absolute atomic E-state index is 15.2. The molecule has 1 N–H and O–H groups in total. The highest BCUT2D eigenvalue weighted by molar-refractivity contribution is 7.13. The minimum absolute atomic E-state index is 0.0104. The van der Waals surface area contributed by atoms with Crippen molar-refractivity contribution in [1.82, 2.24) is 20.2 Å². The Kier molecular flexibility index (Phi) is 6.41. The van der Waals surface area contributed by atoms with Crippen LogP contribution in [0.15, 0.2) is 29.8 Å². The lowest BCUT2D eigenvalue weighted by Gasteiger charge is -2.45. The number of phenols is 1. The molecule has 5 rings (SSSR count). The Bertz CT molecular complexity index is 1240. The van der Waals surface area contributed by atoms with Crippen LogP contribution in [0.3, 0.4) is 0 Å². The molecule has 3 aromatic rings. The van der Waals surface area contributed by atoms with Crippen LogP contribution in [0.2, 0.25) is 0 Å². The molecule has 3 atom stereocenters. The standard InChI is InChI=1S/C26H29FN6OS/c1-3-9-26(2)10-8-20(27)21(12-26)33(18-5-6-18)23-14-29-24(32-31-23)19-7-4-16(11-22(19)34)25-30-17(13-28)15-35-25/h4,7,11,14-15,18,20-21,34H,3,5-6,8-10,12H2,1-2H3/t20-,21+,26+/m0/s1. The first kappa shape index (κ1) is 23.6. The fraction of sp³-hybridized carbons (Fsp3) is 0.500. The molecule has 182 valence electrons. The van der Waals surface area contributed by atoms with Gasteiger partial charge in [-0.2, -0.15) is 5.26 Å². The van der Waals surface area contributed by atoms with E-state index in [1.807, 2.05) is 12.1 Å². The minimum Gasteiger partial charge on any atom is -0.507 e. The molecular weight excluding hydrogens is 463 g/mol. The zero-order valence-electron chi connectivity index (χ0n) is 20.0.